The Kier molecular flexibility index (Phi) is 16.5. The second-order valence-corrected chi connectivity index (χ2v) is 14.9. The number of benzene rings is 4. The van der Waals surface area contributed by atoms with Crippen molar-refractivity contribution in [3.63, 3.8) is 0 Å². The van der Waals surface area contributed by atoms with Gasteiger partial charge in [0.15, 0.2) is 0 Å². The van der Waals surface area contributed by atoms with E-state index in [1.807, 2.05) is 0 Å². The maximum atomic E-state index is 2.39. The van der Waals surface area contributed by atoms with E-state index in [1.165, 1.54) is 91.7 Å². The molecule has 0 atom stereocenters. The molecule has 0 aromatic heterocycles. The SMILES string of the molecule is CCCc1cc2c(-c3ccccc3CC(C)C)cccc2[cH-]1.CCCc1cc2c(-c3ccccc3CC(C)C)cccc2[cH-]1.C[Si]C.[Hf]. The molecule has 250 valence electrons. The van der Waals surface area contributed by atoms with E-state index in [9.17, 15) is 0 Å². The van der Waals surface area contributed by atoms with Gasteiger partial charge in [0.05, 0.1) is 0 Å². The number of hydrogen-bond acceptors (Lipinski definition) is 0. The third-order valence-corrected chi connectivity index (χ3v) is 8.57. The van der Waals surface area contributed by atoms with Crippen molar-refractivity contribution in [2.24, 2.45) is 11.8 Å². The Labute approximate surface area is 313 Å². The molecule has 0 nitrogen and oxygen atoms in total. The van der Waals surface area contributed by atoms with Crippen LogP contribution >= 0.6 is 0 Å². The maximum absolute atomic E-state index is 2.39. The first-order chi connectivity index (χ1) is 22.8. The number of hydrogen-bond donors (Lipinski definition) is 0. The van der Waals surface area contributed by atoms with Gasteiger partial charge in [0, 0.05) is 35.4 Å². The molecule has 0 unspecified atom stereocenters. The summed E-state index contributed by atoms with van der Waals surface area (Å²) in [6.07, 6.45) is 7.01. The average Bonchev–Trinajstić information content (AvgIpc) is 3.66. The second kappa shape index (κ2) is 20.0. The summed E-state index contributed by atoms with van der Waals surface area (Å²) in [5, 5.41) is 5.56. The van der Waals surface area contributed by atoms with Crippen LogP contribution in [0.3, 0.4) is 0 Å². The van der Waals surface area contributed by atoms with Crippen LogP contribution in [0.1, 0.15) is 76.6 Å². The molecule has 2 heteroatoms. The standard InChI is InChI=1S/2C22H25.C2H6Si.Hf/c2*1-4-8-17-14-19-10-7-12-21(22(19)15-17)20-11-6-5-9-18(20)13-16(2)3;1-3-2;/h2*5-7,9-12,14-16H,4,8,13H2,1-3H3;1-2H3;/q2*-1;;. The fraction of sp³-hybridized carbons (Fsp3) is 0.348. The summed E-state index contributed by atoms with van der Waals surface area (Å²) in [6.45, 7) is 18.0. The minimum absolute atomic E-state index is 0. The van der Waals surface area contributed by atoms with Crippen LogP contribution in [-0.2, 0) is 51.5 Å². The van der Waals surface area contributed by atoms with Crippen molar-refractivity contribution >= 4 is 31.1 Å². The van der Waals surface area contributed by atoms with Gasteiger partial charge in [0.25, 0.3) is 0 Å². The van der Waals surface area contributed by atoms with Crippen molar-refractivity contribution < 1.29 is 25.8 Å². The van der Waals surface area contributed by atoms with Gasteiger partial charge in [-0.1, -0.05) is 139 Å². The Balaban J connectivity index is 0.000000236. The maximum Gasteiger partial charge on any atom is 0.0307 e. The molecule has 0 saturated carbocycles. The van der Waals surface area contributed by atoms with Crippen molar-refractivity contribution in [1.29, 1.82) is 0 Å². The predicted molar refractivity (Wildman–Crippen MR) is 213 cm³/mol. The van der Waals surface area contributed by atoms with Crippen LogP contribution in [-0.4, -0.2) is 9.52 Å². The molecule has 0 heterocycles. The molecule has 6 rings (SSSR count). The topological polar surface area (TPSA) is 0 Å². The first-order valence-corrected chi connectivity index (χ1v) is 19.9. The second-order valence-electron chi connectivity index (χ2n) is 13.9. The molecule has 0 amide bonds. The molecule has 0 aliphatic rings. The van der Waals surface area contributed by atoms with E-state index in [-0.39, 0.29) is 25.8 Å². The molecular weight excluding hydrogens is 759 g/mol. The van der Waals surface area contributed by atoms with Gasteiger partial charge in [-0.15, -0.1) is 69.1 Å². The summed E-state index contributed by atoms with van der Waals surface area (Å²) in [4.78, 5) is 0. The van der Waals surface area contributed by atoms with Crippen molar-refractivity contribution in [3.05, 3.63) is 131 Å². The first kappa shape index (κ1) is 39.6. The minimum Gasteiger partial charge on any atom is -0.164 e. The van der Waals surface area contributed by atoms with E-state index >= 15 is 0 Å². The summed E-state index contributed by atoms with van der Waals surface area (Å²) in [5.74, 6) is 1.35. The molecule has 0 aliphatic carbocycles. The molecule has 2 radical (unpaired) electrons. The number of rotatable bonds is 10. The minimum atomic E-state index is 0. The summed E-state index contributed by atoms with van der Waals surface area (Å²) < 4.78 is 0. The van der Waals surface area contributed by atoms with Crippen LogP contribution < -0.4 is 0 Å². The van der Waals surface area contributed by atoms with Gasteiger partial charge in [0.2, 0.25) is 0 Å². The molecule has 6 aromatic carbocycles. The van der Waals surface area contributed by atoms with E-state index < -0.39 is 0 Å². The van der Waals surface area contributed by atoms with Gasteiger partial charge < -0.3 is 0 Å². The number of aryl methyl sites for hydroxylation is 2. The molecule has 0 saturated heterocycles. The smallest absolute Gasteiger partial charge is 0.0307 e. The molecular formula is C46H56HfSi-2. The molecule has 0 bridgehead atoms. The monoisotopic (exact) mass is 816 g/mol. The molecule has 0 fully saturated rings. The van der Waals surface area contributed by atoms with Gasteiger partial charge in [-0.2, -0.15) is 12.1 Å². The Morgan fingerprint density at radius 3 is 1.23 bits per heavy atom. The Hall–Kier alpha value is -2.81. The van der Waals surface area contributed by atoms with Crippen molar-refractivity contribution in [2.75, 3.05) is 0 Å². The Bertz CT molecular complexity index is 1680. The van der Waals surface area contributed by atoms with Crippen LogP contribution in [0.5, 0.6) is 0 Å². The fourth-order valence-electron chi connectivity index (χ4n) is 6.73. The summed E-state index contributed by atoms with van der Waals surface area (Å²) in [5.41, 5.74) is 11.4. The fourth-order valence-corrected chi connectivity index (χ4v) is 6.73. The van der Waals surface area contributed by atoms with Crippen LogP contribution in [0.15, 0.2) is 109 Å². The molecule has 0 aliphatic heterocycles. The third-order valence-electron chi connectivity index (χ3n) is 8.57. The largest absolute Gasteiger partial charge is 0.164 e. The van der Waals surface area contributed by atoms with Crippen LogP contribution in [0.4, 0.5) is 0 Å². The molecule has 48 heavy (non-hydrogen) atoms. The zero-order valence-corrected chi connectivity index (χ0v) is 35.4. The Morgan fingerprint density at radius 1 is 0.521 bits per heavy atom. The van der Waals surface area contributed by atoms with Gasteiger partial charge in [-0.05, 0) is 59.8 Å². The average molecular weight is 816 g/mol. The Morgan fingerprint density at radius 2 is 0.875 bits per heavy atom. The normalized spacial score (nSPS) is 10.9. The van der Waals surface area contributed by atoms with E-state index in [0.29, 0.717) is 11.8 Å². The van der Waals surface area contributed by atoms with Gasteiger partial charge in [-0.3, -0.25) is 0 Å². The van der Waals surface area contributed by atoms with E-state index in [1.54, 1.807) is 0 Å². The van der Waals surface area contributed by atoms with Crippen molar-refractivity contribution in [2.45, 2.75) is 93.2 Å². The zero-order chi connectivity index (χ0) is 33.8. The third kappa shape index (κ3) is 10.6. The molecule has 0 N–H and O–H groups in total. The van der Waals surface area contributed by atoms with Gasteiger partial charge in [-0.25, -0.2) is 0 Å². The van der Waals surface area contributed by atoms with Gasteiger partial charge in [0.1, 0.15) is 0 Å². The molecule has 0 spiro atoms. The number of fused-ring (bicyclic) bond motifs is 2. The van der Waals surface area contributed by atoms with E-state index in [4.69, 9.17) is 0 Å². The molecule has 6 aromatic rings. The van der Waals surface area contributed by atoms with Crippen molar-refractivity contribution in [3.8, 4) is 22.3 Å². The first-order valence-electron chi connectivity index (χ1n) is 17.9. The van der Waals surface area contributed by atoms with Crippen LogP contribution in [0.2, 0.25) is 13.1 Å². The van der Waals surface area contributed by atoms with Crippen LogP contribution in [0, 0.1) is 11.8 Å². The quantitative estimate of drug-likeness (QED) is 0.0954. The van der Waals surface area contributed by atoms with Gasteiger partial charge >= 0.3 is 0 Å². The van der Waals surface area contributed by atoms with E-state index in [0.717, 1.165) is 22.4 Å². The van der Waals surface area contributed by atoms with Crippen LogP contribution in [0.25, 0.3) is 43.8 Å². The van der Waals surface area contributed by atoms with Crippen molar-refractivity contribution in [1.82, 2.24) is 0 Å². The zero-order valence-electron chi connectivity index (χ0n) is 30.8. The predicted octanol–water partition coefficient (Wildman–Crippen LogP) is 13.5. The van der Waals surface area contributed by atoms with E-state index in [2.05, 4.69) is 164 Å². The summed E-state index contributed by atoms with van der Waals surface area (Å²) >= 11 is 0. The summed E-state index contributed by atoms with van der Waals surface area (Å²) in [6, 6.07) is 40.7. The summed E-state index contributed by atoms with van der Waals surface area (Å²) in [7, 11) is 1.08.